The van der Waals surface area contributed by atoms with Crippen molar-refractivity contribution in [3.63, 3.8) is 0 Å². The monoisotopic (exact) mass is 447 g/mol. The molecule has 0 saturated carbocycles. The minimum absolute atomic E-state index is 0.131. The molecule has 9 heteroatoms. The SMILES string of the molecule is CCOC(=O)CSc1cc(C[S@@](=O)c2ccc(Cl)cc2)nc(-c2ccccn2)n1. The van der Waals surface area contributed by atoms with Gasteiger partial charge in [-0.15, -0.1) is 0 Å². The van der Waals surface area contributed by atoms with Crippen molar-refractivity contribution < 1.29 is 13.7 Å². The molecule has 0 N–H and O–H groups in total. The number of aromatic nitrogens is 3. The van der Waals surface area contributed by atoms with E-state index in [1.807, 2.05) is 6.07 Å². The second-order valence-electron chi connectivity index (χ2n) is 5.77. The van der Waals surface area contributed by atoms with Gasteiger partial charge in [0, 0.05) is 16.1 Å². The minimum Gasteiger partial charge on any atom is -0.465 e. The van der Waals surface area contributed by atoms with Crippen LogP contribution in [-0.4, -0.2) is 37.5 Å². The predicted molar refractivity (Wildman–Crippen MR) is 114 cm³/mol. The molecule has 3 aromatic rings. The molecular weight excluding hydrogens is 430 g/mol. The van der Waals surface area contributed by atoms with E-state index in [1.165, 1.54) is 11.8 Å². The normalized spacial score (nSPS) is 11.8. The van der Waals surface area contributed by atoms with Gasteiger partial charge in [-0.1, -0.05) is 29.4 Å². The standard InChI is InChI=1S/C20H18ClN3O3S2/c1-2-27-19(25)12-28-18-11-15(13-29(26)16-8-6-14(21)7-9-16)23-20(24-18)17-5-3-4-10-22-17/h3-11H,2,12-13H2,1H3/t29-/m1/s1. The number of ether oxygens (including phenoxy) is 1. The third-order valence-corrected chi connectivity index (χ3v) is 6.14. The van der Waals surface area contributed by atoms with Crippen molar-refractivity contribution in [3.8, 4) is 11.5 Å². The van der Waals surface area contributed by atoms with Crippen LogP contribution in [0.5, 0.6) is 0 Å². The van der Waals surface area contributed by atoms with E-state index in [0.29, 0.717) is 38.8 Å². The van der Waals surface area contributed by atoms with Crippen LogP contribution in [0, 0.1) is 0 Å². The largest absolute Gasteiger partial charge is 0.465 e. The van der Waals surface area contributed by atoms with Gasteiger partial charge in [-0.3, -0.25) is 14.0 Å². The minimum atomic E-state index is -1.30. The smallest absolute Gasteiger partial charge is 0.316 e. The van der Waals surface area contributed by atoms with Gasteiger partial charge in [-0.05, 0) is 49.4 Å². The molecule has 6 nitrogen and oxygen atoms in total. The highest BCUT2D eigenvalue weighted by molar-refractivity contribution is 7.99. The van der Waals surface area contributed by atoms with Gasteiger partial charge >= 0.3 is 5.97 Å². The molecule has 1 atom stereocenters. The topological polar surface area (TPSA) is 82.0 Å². The summed E-state index contributed by atoms with van der Waals surface area (Å²) < 4.78 is 17.7. The molecular formula is C20H18ClN3O3S2. The number of hydrogen-bond acceptors (Lipinski definition) is 7. The van der Waals surface area contributed by atoms with Gasteiger partial charge in [-0.2, -0.15) is 0 Å². The molecule has 1 aromatic carbocycles. The zero-order valence-electron chi connectivity index (χ0n) is 15.6. The first-order chi connectivity index (χ1) is 14.0. The Morgan fingerprint density at radius 1 is 1.17 bits per heavy atom. The summed E-state index contributed by atoms with van der Waals surface area (Å²) in [4.78, 5) is 25.7. The Morgan fingerprint density at radius 3 is 2.66 bits per heavy atom. The molecule has 0 fully saturated rings. The van der Waals surface area contributed by atoms with E-state index in [2.05, 4.69) is 15.0 Å². The Kier molecular flexibility index (Phi) is 7.74. The second-order valence-corrected chi connectivity index (χ2v) is 8.66. The summed E-state index contributed by atoms with van der Waals surface area (Å²) in [5, 5.41) is 1.18. The zero-order valence-corrected chi connectivity index (χ0v) is 18.0. The van der Waals surface area contributed by atoms with Gasteiger partial charge in [0.1, 0.15) is 10.7 Å². The van der Waals surface area contributed by atoms with Crippen LogP contribution >= 0.6 is 23.4 Å². The van der Waals surface area contributed by atoms with E-state index in [0.717, 1.165) is 0 Å². The van der Waals surface area contributed by atoms with Crippen molar-refractivity contribution in [2.75, 3.05) is 12.4 Å². The molecule has 0 unspecified atom stereocenters. The summed E-state index contributed by atoms with van der Waals surface area (Å²) in [7, 11) is -1.30. The number of benzene rings is 1. The summed E-state index contributed by atoms with van der Waals surface area (Å²) in [6, 6.07) is 14.1. The highest BCUT2D eigenvalue weighted by Crippen LogP contribution is 2.23. The molecule has 0 aliphatic rings. The number of carbonyl (C=O) groups excluding carboxylic acids is 1. The second kappa shape index (κ2) is 10.5. The highest BCUT2D eigenvalue weighted by atomic mass is 35.5. The van der Waals surface area contributed by atoms with E-state index >= 15 is 0 Å². The Labute approximate surface area is 180 Å². The molecule has 0 spiro atoms. The number of nitrogens with zero attached hydrogens (tertiary/aromatic N) is 3. The van der Waals surface area contributed by atoms with Gasteiger partial charge in [0.25, 0.3) is 0 Å². The molecule has 0 radical (unpaired) electrons. The molecule has 0 aliphatic carbocycles. The number of carbonyl (C=O) groups is 1. The van der Waals surface area contributed by atoms with Crippen LogP contribution in [0.25, 0.3) is 11.5 Å². The van der Waals surface area contributed by atoms with Crippen molar-refractivity contribution in [1.82, 2.24) is 15.0 Å². The summed E-state index contributed by atoms with van der Waals surface area (Å²) in [6.45, 7) is 2.09. The summed E-state index contributed by atoms with van der Waals surface area (Å²) >= 11 is 7.15. The molecule has 0 amide bonds. The van der Waals surface area contributed by atoms with Crippen LogP contribution in [0.4, 0.5) is 0 Å². The number of rotatable bonds is 8. The summed E-state index contributed by atoms with van der Waals surface area (Å²) in [5.74, 6) is 0.438. The maximum absolute atomic E-state index is 12.7. The molecule has 2 heterocycles. The first-order valence-corrected chi connectivity index (χ1v) is 11.4. The predicted octanol–water partition coefficient (Wildman–Crippen LogP) is 4.16. The first kappa shape index (κ1) is 21.4. The van der Waals surface area contributed by atoms with Crippen LogP contribution in [0.2, 0.25) is 5.02 Å². The third-order valence-electron chi connectivity index (χ3n) is 3.65. The molecule has 0 bridgehead atoms. The van der Waals surface area contributed by atoms with Crippen LogP contribution in [0.3, 0.4) is 0 Å². The van der Waals surface area contributed by atoms with E-state index in [9.17, 15) is 9.00 Å². The van der Waals surface area contributed by atoms with Gasteiger partial charge in [0.2, 0.25) is 0 Å². The lowest BCUT2D eigenvalue weighted by Crippen LogP contribution is -2.08. The number of hydrogen-bond donors (Lipinski definition) is 0. The highest BCUT2D eigenvalue weighted by Gasteiger charge is 2.13. The Bertz CT molecular complexity index is 1000. The average molecular weight is 448 g/mol. The molecule has 3 rings (SSSR count). The first-order valence-electron chi connectivity index (χ1n) is 8.77. The fourth-order valence-corrected chi connectivity index (χ4v) is 4.24. The van der Waals surface area contributed by atoms with Crippen molar-refractivity contribution >= 4 is 40.1 Å². The van der Waals surface area contributed by atoms with Crippen LogP contribution < -0.4 is 0 Å². The van der Waals surface area contributed by atoms with Gasteiger partial charge < -0.3 is 4.74 Å². The lowest BCUT2D eigenvalue weighted by Gasteiger charge is -2.08. The quantitative estimate of drug-likeness (QED) is 0.291. The molecule has 0 saturated heterocycles. The fraction of sp³-hybridized carbons (Fsp3) is 0.200. The van der Waals surface area contributed by atoms with Crippen LogP contribution in [-0.2, 0) is 26.1 Å². The number of pyridine rings is 1. The Balaban J connectivity index is 1.86. The van der Waals surface area contributed by atoms with Gasteiger partial charge in [0.05, 0.1) is 34.6 Å². The molecule has 0 aliphatic heterocycles. The van der Waals surface area contributed by atoms with Crippen LogP contribution in [0.15, 0.2) is 64.6 Å². The fourth-order valence-electron chi connectivity index (χ4n) is 2.37. The zero-order chi connectivity index (χ0) is 20.6. The maximum atomic E-state index is 12.7. The molecule has 150 valence electrons. The Hall–Kier alpha value is -2.29. The van der Waals surface area contributed by atoms with E-state index in [-0.39, 0.29) is 17.5 Å². The number of halogens is 1. The lowest BCUT2D eigenvalue weighted by atomic mass is 10.3. The van der Waals surface area contributed by atoms with E-state index in [4.69, 9.17) is 16.3 Å². The summed E-state index contributed by atoms with van der Waals surface area (Å²) in [5.41, 5.74) is 1.20. The molecule has 29 heavy (non-hydrogen) atoms. The number of esters is 1. The average Bonchev–Trinajstić information content (AvgIpc) is 2.73. The van der Waals surface area contributed by atoms with E-state index < -0.39 is 10.8 Å². The van der Waals surface area contributed by atoms with Crippen molar-refractivity contribution in [2.24, 2.45) is 0 Å². The van der Waals surface area contributed by atoms with Crippen molar-refractivity contribution in [3.05, 3.63) is 65.4 Å². The van der Waals surface area contributed by atoms with Gasteiger partial charge in [0.15, 0.2) is 5.82 Å². The lowest BCUT2D eigenvalue weighted by molar-refractivity contribution is -0.139. The Morgan fingerprint density at radius 2 is 1.97 bits per heavy atom. The summed E-state index contributed by atoms with van der Waals surface area (Å²) in [6.07, 6.45) is 1.66. The number of thioether (sulfide) groups is 1. The molecule has 2 aromatic heterocycles. The van der Waals surface area contributed by atoms with E-state index in [1.54, 1.807) is 55.6 Å². The van der Waals surface area contributed by atoms with Gasteiger partial charge in [-0.25, -0.2) is 9.97 Å². The third kappa shape index (κ3) is 6.35. The maximum Gasteiger partial charge on any atom is 0.316 e. The van der Waals surface area contributed by atoms with Crippen molar-refractivity contribution in [1.29, 1.82) is 0 Å². The van der Waals surface area contributed by atoms with Crippen LogP contribution in [0.1, 0.15) is 12.6 Å². The van der Waals surface area contributed by atoms with Crippen molar-refractivity contribution in [2.45, 2.75) is 22.6 Å².